The van der Waals surface area contributed by atoms with Crippen LogP contribution in [0.3, 0.4) is 0 Å². The molecule has 1 heterocycles. The third-order valence-corrected chi connectivity index (χ3v) is 4.09. The SMILES string of the molecule is C=C1C(=O)N(CCO)C(=O)N(C)/N=C(/OCCOc2cccc(OC(F)(F)I)c2)N1C. The lowest BCUT2D eigenvalue weighted by atomic mass is 10.3. The van der Waals surface area contributed by atoms with Crippen LogP contribution in [0.4, 0.5) is 13.6 Å². The van der Waals surface area contributed by atoms with E-state index in [0.717, 1.165) is 32.5 Å². The zero-order chi connectivity index (χ0) is 23.2. The largest absolute Gasteiger partial charge is 0.490 e. The van der Waals surface area contributed by atoms with E-state index in [-0.39, 0.29) is 43.0 Å². The summed E-state index contributed by atoms with van der Waals surface area (Å²) in [5, 5.41) is 14.0. The maximum Gasteiger partial charge on any atom is 0.451 e. The number of likely N-dealkylation sites (N-methyl/N-ethyl adjacent to an activating group) is 1. The lowest BCUT2D eigenvalue weighted by Crippen LogP contribution is -2.50. The van der Waals surface area contributed by atoms with Crippen molar-refractivity contribution in [2.45, 2.75) is 4.12 Å². The number of ether oxygens (including phenoxy) is 3. The van der Waals surface area contributed by atoms with Crippen LogP contribution in [0.5, 0.6) is 11.5 Å². The first-order valence-electron chi connectivity index (χ1n) is 8.86. The lowest BCUT2D eigenvalue weighted by Gasteiger charge is -2.31. The van der Waals surface area contributed by atoms with E-state index in [1.54, 1.807) is 6.07 Å². The van der Waals surface area contributed by atoms with Crippen molar-refractivity contribution < 1.29 is 37.7 Å². The van der Waals surface area contributed by atoms with Gasteiger partial charge in [0.15, 0.2) is 0 Å². The van der Waals surface area contributed by atoms with Gasteiger partial charge >= 0.3 is 16.2 Å². The van der Waals surface area contributed by atoms with Gasteiger partial charge in [0.2, 0.25) is 0 Å². The third-order valence-electron chi connectivity index (χ3n) is 3.87. The Hall–Kier alpha value is -2.68. The first kappa shape index (κ1) is 24.6. The number of hydrazone groups is 1. The molecular formula is C18H21F2IN4O6. The van der Waals surface area contributed by atoms with Gasteiger partial charge in [-0.05, 0) is 12.1 Å². The number of β-amino-alcohol motifs (C(OH)–C–C–N with tert-alkyl or cyclic N) is 1. The Balaban J connectivity index is 2.00. The van der Waals surface area contributed by atoms with Gasteiger partial charge in [0, 0.05) is 20.2 Å². The van der Waals surface area contributed by atoms with Gasteiger partial charge in [-0.1, -0.05) is 12.6 Å². The fourth-order valence-corrected chi connectivity index (χ4v) is 2.65. The number of aliphatic hydroxyl groups is 1. The molecule has 0 spiro atoms. The molecule has 170 valence electrons. The van der Waals surface area contributed by atoms with Gasteiger partial charge in [0.25, 0.3) is 5.91 Å². The summed E-state index contributed by atoms with van der Waals surface area (Å²) in [4.78, 5) is 26.9. The normalized spacial score (nSPS) is 17.2. The topological polar surface area (TPSA) is 104 Å². The molecule has 1 aliphatic heterocycles. The van der Waals surface area contributed by atoms with E-state index in [2.05, 4.69) is 16.4 Å². The van der Waals surface area contributed by atoms with E-state index in [1.165, 1.54) is 37.2 Å². The molecule has 3 amide bonds. The molecule has 0 unspecified atom stereocenters. The Morgan fingerprint density at radius 1 is 1.19 bits per heavy atom. The average Bonchev–Trinajstić information content (AvgIpc) is 2.70. The molecule has 1 N–H and O–H groups in total. The molecular weight excluding hydrogens is 533 g/mol. The molecule has 0 atom stereocenters. The molecule has 0 saturated carbocycles. The molecule has 0 radical (unpaired) electrons. The van der Waals surface area contributed by atoms with Crippen LogP contribution < -0.4 is 9.47 Å². The number of carbonyl (C=O) groups is 2. The van der Waals surface area contributed by atoms with Gasteiger partial charge in [-0.15, -0.1) is 5.10 Å². The van der Waals surface area contributed by atoms with Crippen molar-refractivity contribution in [3.8, 4) is 11.5 Å². The number of nitrogens with zero attached hydrogens (tertiary/aromatic N) is 4. The number of alkyl halides is 3. The maximum atomic E-state index is 12.9. The number of benzene rings is 1. The Morgan fingerprint density at radius 3 is 2.48 bits per heavy atom. The minimum absolute atomic E-state index is 0.00562. The molecule has 0 bridgehead atoms. The second-order valence-corrected chi connectivity index (χ2v) is 7.35. The molecule has 31 heavy (non-hydrogen) atoms. The van der Waals surface area contributed by atoms with Gasteiger partial charge < -0.3 is 19.3 Å². The minimum Gasteiger partial charge on any atom is -0.490 e. The van der Waals surface area contributed by atoms with Crippen molar-refractivity contribution in [2.75, 3.05) is 40.5 Å². The highest BCUT2D eigenvalue weighted by Crippen LogP contribution is 2.29. The molecule has 1 aromatic carbocycles. The summed E-state index contributed by atoms with van der Waals surface area (Å²) >= 11 is 0.862. The van der Waals surface area contributed by atoms with Crippen molar-refractivity contribution in [1.29, 1.82) is 0 Å². The van der Waals surface area contributed by atoms with Crippen LogP contribution in [0, 0.1) is 0 Å². The Labute approximate surface area is 190 Å². The number of amidine groups is 1. The van der Waals surface area contributed by atoms with Crippen molar-refractivity contribution in [2.24, 2.45) is 5.10 Å². The Morgan fingerprint density at radius 2 is 1.84 bits per heavy atom. The number of imide groups is 1. The number of rotatable bonds is 8. The molecule has 13 heteroatoms. The van der Waals surface area contributed by atoms with E-state index < -0.39 is 22.7 Å². The fraction of sp³-hybridized carbons (Fsp3) is 0.389. The van der Waals surface area contributed by atoms with Crippen LogP contribution in [0.2, 0.25) is 0 Å². The zero-order valence-electron chi connectivity index (χ0n) is 16.8. The summed E-state index contributed by atoms with van der Waals surface area (Å²) in [7, 11) is 2.81. The zero-order valence-corrected chi connectivity index (χ0v) is 18.9. The first-order chi connectivity index (χ1) is 14.5. The quantitative estimate of drug-likeness (QED) is 0.227. The summed E-state index contributed by atoms with van der Waals surface area (Å²) < 4.78 is 38.0. The molecule has 1 aromatic rings. The fourth-order valence-electron chi connectivity index (χ4n) is 2.39. The summed E-state index contributed by atoms with van der Waals surface area (Å²) in [6.45, 7) is 3.00. The third kappa shape index (κ3) is 6.92. The van der Waals surface area contributed by atoms with E-state index >= 15 is 0 Å². The predicted molar refractivity (Wildman–Crippen MR) is 114 cm³/mol. The number of hydrogen-bond acceptors (Lipinski definition) is 8. The summed E-state index contributed by atoms with van der Waals surface area (Å²) in [6.07, 6.45) is 0. The highest BCUT2D eigenvalue weighted by Gasteiger charge is 2.32. The number of urea groups is 1. The van der Waals surface area contributed by atoms with Crippen LogP contribution >= 0.6 is 22.6 Å². The summed E-state index contributed by atoms with van der Waals surface area (Å²) in [5.74, 6) is -0.491. The molecule has 10 nitrogen and oxygen atoms in total. The second-order valence-electron chi connectivity index (χ2n) is 6.09. The average molecular weight is 554 g/mol. The maximum absolute atomic E-state index is 12.9. The number of halogens is 3. The van der Waals surface area contributed by atoms with Crippen LogP contribution in [0.25, 0.3) is 0 Å². The Kier molecular flexibility index (Phi) is 8.38. The number of aliphatic hydroxyl groups excluding tert-OH is 1. The monoisotopic (exact) mass is 554 g/mol. The molecule has 1 aliphatic rings. The Bertz CT molecular complexity index is 864. The number of amides is 3. The first-order valence-corrected chi connectivity index (χ1v) is 9.94. The van der Waals surface area contributed by atoms with Gasteiger partial charge in [-0.3, -0.25) is 14.6 Å². The molecule has 0 saturated heterocycles. The van der Waals surface area contributed by atoms with Gasteiger partial charge in [0.05, 0.1) is 35.7 Å². The minimum atomic E-state index is -3.35. The van der Waals surface area contributed by atoms with E-state index in [4.69, 9.17) is 14.6 Å². The highest BCUT2D eigenvalue weighted by molar-refractivity contribution is 14.1. The van der Waals surface area contributed by atoms with Gasteiger partial charge in [0.1, 0.15) is 30.4 Å². The lowest BCUT2D eigenvalue weighted by molar-refractivity contribution is -0.126. The summed E-state index contributed by atoms with van der Waals surface area (Å²) in [5.41, 5.74) is -0.0841. The number of hydrogen-bond donors (Lipinski definition) is 1. The predicted octanol–water partition coefficient (Wildman–Crippen LogP) is 2.05. The molecule has 0 fully saturated rings. The number of carbonyl (C=O) groups excluding carboxylic acids is 2. The van der Waals surface area contributed by atoms with E-state index in [1.807, 2.05) is 0 Å². The standard InChI is InChI=1S/C18H21F2IN4O6/c1-12-15(27)25(7-8-26)17(28)24(3)22-16(23(12)2)30-10-9-29-13-5-4-6-14(11-13)31-18(19,20)21/h4-6,11,26H,1,7-10H2,2-3H3/b22-16+. The van der Waals surface area contributed by atoms with Gasteiger partial charge in [-0.25, -0.2) is 9.80 Å². The molecule has 0 aromatic heterocycles. The smallest absolute Gasteiger partial charge is 0.451 e. The van der Waals surface area contributed by atoms with Gasteiger partial charge in [-0.2, -0.15) is 8.78 Å². The van der Waals surface area contributed by atoms with Crippen molar-refractivity contribution in [3.63, 3.8) is 0 Å². The van der Waals surface area contributed by atoms with E-state index in [9.17, 15) is 18.4 Å². The van der Waals surface area contributed by atoms with Crippen LogP contribution in [-0.4, -0.2) is 82.5 Å². The van der Waals surface area contributed by atoms with Crippen LogP contribution in [-0.2, 0) is 9.53 Å². The summed E-state index contributed by atoms with van der Waals surface area (Å²) in [6, 6.07) is 4.88. The van der Waals surface area contributed by atoms with Crippen molar-refractivity contribution in [1.82, 2.24) is 14.8 Å². The van der Waals surface area contributed by atoms with Crippen LogP contribution in [0.1, 0.15) is 0 Å². The van der Waals surface area contributed by atoms with Crippen molar-refractivity contribution >= 4 is 40.6 Å². The van der Waals surface area contributed by atoms with Crippen molar-refractivity contribution in [3.05, 3.63) is 36.5 Å². The molecule has 0 aliphatic carbocycles. The highest BCUT2D eigenvalue weighted by atomic mass is 127. The molecule has 2 rings (SSSR count). The second kappa shape index (κ2) is 10.6. The van der Waals surface area contributed by atoms with E-state index in [0.29, 0.717) is 0 Å². The van der Waals surface area contributed by atoms with Crippen LogP contribution in [0.15, 0.2) is 41.6 Å².